The molecule has 1 heterocycles. The van der Waals surface area contributed by atoms with Gasteiger partial charge in [0.05, 0.1) is 6.42 Å². The van der Waals surface area contributed by atoms with Crippen molar-refractivity contribution in [3.8, 4) is 5.75 Å². The molecule has 0 aliphatic carbocycles. The minimum Gasteiger partial charge on any atom is -0.435 e. The van der Waals surface area contributed by atoms with E-state index in [0.717, 1.165) is 5.39 Å². The first-order chi connectivity index (χ1) is 11.1. The van der Waals surface area contributed by atoms with Gasteiger partial charge in [0.1, 0.15) is 11.4 Å². The fourth-order valence-corrected chi connectivity index (χ4v) is 2.17. The molecule has 0 saturated carbocycles. The number of anilines is 1. The quantitative estimate of drug-likeness (QED) is 0.780. The number of amides is 1. The number of ether oxygens (including phenoxy) is 1. The average molecular weight is 318 g/mol. The molecule has 0 atom stereocenters. The van der Waals surface area contributed by atoms with Crippen LogP contribution in [0.5, 0.6) is 5.75 Å². The Labute approximate surface area is 129 Å². The first-order valence-electron chi connectivity index (χ1n) is 6.80. The molecule has 3 rings (SSSR count). The zero-order valence-electron chi connectivity index (χ0n) is 11.8. The summed E-state index contributed by atoms with van der Waals surface area (Å²) in [4.78, 5) is 12.1. The van der Waals surface area contributed by atoms with Crippen LogP contribution in [0.1, 0.15) is 5.69 Å². The van der Waals surface area contributed by atoms with Gasteiger partial charge >= 0.3 is 6.61 Å². The number of fused-ring (bicyclic) bond motifs is 1. The third kappa shape index (κ3) is 3.63. The van der Waals surface area contributed by atoms with E-state index in [1.165, 1.54) is 18.2 Å². The number of hydrogen-bond donors (Lipinski definition) is 1. The van der Waals surface area contributed by atoms with Crippen LogP contribution < -0.4 is 10.1 Å². The number of aromatic nitrogens is 1. The molecule has 0 aliphatic heterocycles. The number of rotatable bonds is 5. The van der Waals surface area contributed by atoms with Crippen LogP contribution in [0.3, 0.4) is 0 Å². The second kappa shape index (κ2) is 6.43. The number of nitrogens with zero attached hydrogens (tertiary/aromatic N) is 1. The summed E-state index contributed by atoms with van der Waals surface area (Å²) in [5.74, 6) is -0.358. The highest BCUT2D eigenvalue weighted by Gasteiger charge is 2.12. The first kappa shape index (κ1) is 15.0. The summed E-state index contributed by atoms with van der Waals surface area (Å²) < 4.78 is 33.8. The Kier molecular flexibility index (Phi) is 4.18. The van der Waals surface area contributed by atoms with Crippen molar-refractivity contribution in [2.24, 2.45) is 0 Å². The number of benzene rings is 2. The van der Waals surface area contributed by atoms with Crippen molar-refractivity contribution < 1.29 is 22.8 Å². The minimum absolute atomic E-state index is 0.0109. The molecular formula is C16H12F2N2O3. The zero-order chi connectivity index (χ0) is 16.2. The van der Waals surface area contributed by atoms with Crippen molar-refractivity contribution in [2.75, 3.05) is 5.32 Å². The molecule has 1 aromatic heterocycles. The van der Waals surface area contributed by atoms with E-state index in [-0.39, 0.29) is 18.1 Å². The second-order valence-corrected chi connectivity index (χ2v) is 4.76. The lowest BCUT2D eigenvalue weighted by Crippen LogP contribution is -2.14. The van der Waals surface area contributed by atoms with E-state index < -0.39 is 6.61 Å². The Morgan fingerprint density at radius 1 is 1.22 bits per heavy atom. The Hall–Kier alpha value is -2.96. The molecule has 1 amide bonds. The molecule has 5 nitrogen and oxygen atoms in total. The molecule has 0 fully saturated rings. The van der Waals surface area contributed by atoms with Gasteiger partial charge in [0.15, 0.2) is 5.58 Å². The van der Waals surface area contributed by atoms with Crippen LogP contribution in [0.2, 0.25) is 0 Å². The molecule has 3 aromatic rings. The lowest BCUT2D eigenvalue weighted by atomic mass is 10.1. The largest absolute Gasteiger partial charge is 0.435 e. The van der Waals surface area contributed by atoms with E-state index in [2.05, 4.69) is 15.2 Å². The van der Waals surface area contributed by atoms with Crippen LogP contribution in [-0.2, 0) is 11.2 Å². The molecule has 0 spiro atoms. The van der Waals surface area contributed by atoms with Gasteiger partial charge in [-0.2, -0.15) is 8.78 Å². The summed E-state index contributed by atoms with van der Waals surface area (Å²) in [7, 11) is 0. The van der Waals surface area contributed by atoms with Gasteiger partial charge in [-0.1, -0.05) is 23.4 Å². The van der Waals surface area contributed by atoms with Crippen molar-refractivity contribution in [1.29, 1.82) is 0 Å². The summed E-state index contributed by atoms with van der Waals surface area (Å²) in [6.07, 6.45) is 0.0109. The smallest absolute Gasteiger partial charge is 0.387 e. The van der Waals surface area contributed by atoms with E-state index in [1.807, 2.05) is 18.2 Å². The Bertz CT molecular complexity index is 833. The van der Waals surface area contributed by atoms with Crippen molar-refractivity contribution in [2.45, 2.75) is 13.0 Å². The van der Waals surface area contributed by atoms with E-state index in [1.54, 1.807) is 12.1 Å². The normalized spacial score (nSPS) is 10.9. The predicted octanol–water partition coefficient (Wildman–Crippen LogP) is 3.61. The van der Waals surface area contributed by atoms with Crippen molar-refractivity contribution in [3.63, 3.8) is 0 Å². The van der Waals surface area contributed by atoms with Gasteiger partial charge in [-0.3, -0.25) is 4.79 Å². The topological polar surface area (TPSA) is 64.4 Å². The lowest BCUT2D eigenvalue weighted by Gasteiger charge is -2.07. The number of carbonyl (C=O) groups excluding carboxylic acids is 1. The molecular weight excluding hydrogens is 306 g/mol. The molecule has 2 aromatic carbocycles. The van der Waals surface area contributed by atoms with Gasteiger partial charge < -0.3 is 14.6 Å². The second-order valence-electron chi connectivity index (χ2n) is 4.76. The molecule has 0 unspecified atom stereocenters. The maximum absolute atomic E-state index is 12.2. The van der Waals surface area contributed by atoms with Crippen LogP contribution in [0, 0.1) is 0 Å². The number of para-hydroxylation sites is 1. The Balaban J connectivity index is 1.70. The molecule has 23 heavy (non-hydrogen) atoms. The van der Waals surface area contributed by atoms with Crippen LogP contribution in [0.15, 0.2) is 53.1 Å². The van der Waals surface area contributed by atoms with Crippen LogP contribution in [0.25, 0.3) is 11.0 Å². The number of alkyl halides is 2. The summed E-state index contributed by atoms with van der Waals surface area (Å²) in [5, 5.41) is 7.25. The lowest BCUT2D eigenvalue weighted by molar-refractivity contribution is -0.115. The molecule has 0 bridgehead atoms. The fraction of sp³-hybridized carbons (Fsp3) is 0.125. The predicted molar refractivity (Wildman–Crippen MR) is 79.4 cm³/mol. The minimum atomic E-state index is -2.91. The van der Waals surface area contributed by atoms with E-state index >= 15 is 0 Å². The molecule has 0 saturated heterocycles. The van der Waals surface area contributed by atoms with Gasteiger partial charge in [0, 0.05) is 17.1 Å². The third-order valence-electron chi connectivity index (χ3n) is 3.12. The van der Waals surface area contributed by atoms with Crippen LogP contribution in [0.4, 0.5) is 14.5 Å². The van der Waals surface area contributed by atoms with Crippen molar-refractivity contribution in [3.05, 3.63) is 54.2 Å². The van der Waals surface area contributed by atoms with Gasteiger partial charge in [0.25, 0.3) is 0 Å². The number of nitrogens with one attached hydrogen (secondary N) is 1. The molecule has 1 N–H and O–H groups in total. The Morgan fingerprint density at radius 3 is 2.87 bits per heavy atom. The summed E-state index contributed by atoms with van der Waals surface area (Å²) in [6.45, 7) is -2.91. The average Bonchev–Trinajstić information content (AvgIpc) is 2.90. The third-order valence-corrected chi connectivity index (χ3v) is 3.12. The van der Waals surface area contributed by atoms with Crippen molar-refractivity contribution >= 4 is 22.6 Å². The highest BCUT2D eigenvalue weighted by Crippen LogP contribution is 2.21. The van der Waals surface area contributed by atoms with Gasteiger partial charge in [-0.25, -0.2) is 0 Å². The zero-order valence-corrected chi connectivity index (χ0v) is 11.8. The maximum atomic E-state index is 12.2. The number of carbonyl (C=O) groups is 1. The molecule has 0 radical (unpaired) electrons. The molecule has 0 aliphatic rings. The van der Waals surface area contributed by atoms with Gasteiger partial charge in [0.2, 0.25) is 5.91 Å². The van der Waals surface area contributed by atoms with E-state index in [4.69, 9.17) is 4.52 Å². The fourth-order valence-electron chi connectivity index (χ4n) is 2.17. The Morgan fingerprint density at radius 2 is 2.04 bits per heavy atom. The highest BCUT2D eigenvalue weighted by atomic mass is 19.3. The summed E-state index contributed by atoms with van der Waals surface area (Å²) in [5.41, 5.74) is 1.47. The van der Waals surface area contributed by atoms with E-state index in [0.29, 0.717) is 17.0 Å². The summed E-state index contributed by atoms with van der Waals surface area (Å²) in [6, 6.07) is 13.0. The van der Waals surface area contributed by atoms with Crippen LogP contribution in [-0.4, -0.2) is 17.7 Å². The van der Waals surface area contributed by atoms with E-state index in [9.17, 15) is 13.6 Å². The summed E-state index contributed by atoms with van der Waals surface area (Å²) >= 11 is 0. The SMILES string of the molecule is O=C(Cc1noc2ccccc12)Nc1cccc(OC(F)F)c1. The number of halogens is 2. The monoisotopic (exact) mass is 318 g/mol. The van der Waals surface area contributed by atoms with Gasteiger partial charge in [-0.05, 0) is 24.3 Å². The van der Waals surface area contributed by atoms with Crippen molar-refractivity contribution in [1.82, 2.24) is 5.16 Å². The van der Waals surface area contributed by atoms with Gasteiger partial charge in [-0.15, -0.1) is 0 Å². The first-order valence-corrected chi connectivity index (χ1v) is 6.80. The standard InChI is InChI=1S/C16H12F2N2O3/c17-16(18)22-11-5-3-4-10(8-11)19-15(21)9-13-12-6-1-2-7-14(12)23-20-13/h1-8,16H,9H2,(H,19,21). The van der Waals surface area contributed by atoms with Crippen LogP contribution >= 0.6 is 0 Å². The maximum Gasteiger partial charge on any atom is 0.387 e. The number of hydrogen-bond acceptors (Lipinski definition) is 4. The highest BCUT2D eigenvalue weighted by molar-refractivity contribution is 5.94. The molecule has 7 heteroatoms. The molecule has 118 valence electrons.